The maximum atomic E-state index is 11.6. The van der Waals surface area contributed by atoms with E-state index in [1.165, 1.54) is 6.42 Å². The Labute approximate surface area is 132 Å². The molecule has 1 N–H and O–H groups in total. The van der Waals surface area contributed by atoms with Gasteiger partial charge in [-0.05, 0) is 29.8 Å². The summed E-state index contributed by atoms with van der Waals surface area (Å²) in [6, 6.07) is 7.72. The standard InChI is InChI=1S/C15H19ClN2O2S/c16-14-7-3-2-6-13(14)12-10-18(21(11-12)15(19)20)17-8-4-1-5-9-17/h2-3,6-7,11-12H,1,4-5,8-10H2,(H,19,20). The molecule has 1 fully saturated rings. The lowest BCUT2D eigenvalue weighted by atomic mass is 10.0. The Bertz CT molecular complexity index is 573. The fourth-order valence-corrected chi connectivity index (χ4v) is 4.94. The third kappa shape index (κ3) is 3.16. The summed E-state index contributed by atoms with van der Waals surface area (Å²) in [5.74, 6) is 0.0834. The first-order valence-corrected chi connectivity index (χ1v) is 8.87. The van der Waals surface area contributed by atoms with E-state index in [2.05, 4.69) is 5.01 Å². The van der Waals surface area contributed by atoms with Crippen molar-refractivity contribution in [2.75, 3.05) is 19.6 Å². The average molecular weight is 327 g/mol. The van der Waals surface area contributed by atoms with Crippen molar-refractivity contribution in [3.05, 3.63) is 34.9 Å². The molecule has 0 bridgehead atoms. The second-order valence-electron chi connectivity index (χ2n) is 5.39. The third-order valence-corrected chi connectivity index (χ3v) is 6.13. The Hall–Kier alpha value is -0.880. The molecule has 0 aliphatic carbocycles. The molecule has 6 heteroatoms. The predicted molar refractivity (Wildman–Crippen MR) is 88.0 cm³/mol. The number of rotatable bonds is 2. The van der Waals surface area contributed by atoms with Crippen molar-refractivity contribution in [1.29, 1.82) is 0 Å². The highest BCUT2D eigenvalue weighted by atomic mass is 35.5. The van der Waals surface area contributed by atoms with E-state index >= 15 is 0 Å². The molecular weight excluding hydrogens is 308 g/mol. The van der Waals surface area contributed by atoms with E-state index in [0.29, 0.717) is 11.6 Å². The van der Waals surface area contributed by atoms with Crippen LogP contribution in [0, 0.1) is 0 Å². The van der Waals surface area contributed by atoms with Crippen LogP contribution in [0.2, 0.25) is 5.02 Å². The zero-order valence-electron chi connectivity index (χ0n) is 11.7. The molecule has 2 unspecified atom stereocenters. The van der Waals surface area contributed by atoms with Crippen LogP contribution in [0.1, 0.15) is 30.7 Å². The van der Waals surface area contributed by atoms with Crippen molar-refractivity contribution in [2.45, 2.75) is 25.2 Å². The molecule has 114 valence electrons. The summed E-state index contributed by atoms with van der Waals surface area (Å²) in [5.41, 5.74) is 1.03. The van der Waals surface area contributed by atoms with Crippen molar-refractivity contribution in [2.24, 2.45) is 0 Å². The quantitative estimate of drug-likeness (QED) is 0.839. The van der Waals surface area contributed by atoms with E-state index in [1.807, 2.05) is 34.0 Å². The number of nitrogens with zero attached hydrogens (tertiary/aromatic N) is 2. The summed E-state index contributed by atoms with van der Waals surface area (Å²) in [5, 5.41) is 13.6. The summed E-state index contributed by atoms with van der Waals surface area (Å²) in [6.45, 7) is 2.62. The SMILES string of the molecule is O=C(O)S1=CC(c2ccccc2Cl)CN1N1CCCCC1. The van der Waals surface area contributed by atoms with Crippen LogP contribution in [-0.2, 0) is 0 Å². The van der Waals surface area contributed by atoms with Crippen LogP contribution in [0.25, 0.3) is 0 Å². The highest BCUT2D eigenvalue weighted by Crippen LogP contribution is 2.38. The maximum absolute atomic E-state index is 11.6. The van der Waals surface area contributed by atoms with Crippen LogP contribution in [-0.4, -0.2) is 44.8 Å². The molecule has 1 aromatic rings. The van der Waals surface area contributed by atoms with Gasteiger partial charge in [-0.3, -0.25) is 0 Å². The van der Waals surface area contributed by atoms with E-state index in [-0.39, 0.29) is 5.92 Å². The molecule has 2 atom stereocenters. The summed E-state index contributed by atoms with van der Waals surface area (Å²) in [6.07, 6.45) is 3.52. The smallest absolute Gasteiger partial charge is 0.374 e. The van der Waals surface area contributed by atoms with Crippen LogP contribution in [0.5, 0.6) is 0 Å². The highest BCUT2D eigenvalue weighted by Gasteiger charge is 2.33. The highest BCUT2D eigenvalue weighted by molar-refractivity contribution is 8.25. The number of carboxylic acid groups (broad SMARTS) is 1. The van der Waals surface area contributed by atoms with Crippen LogP contribution in [0.15, 0.2) is 24.3 Å². The van der Waals surface area contributed by atoms with Crippen molar-refractivity contribution in [1.82, 2.24) is 9.42 Å². The van der Waals surface area contributed by atoms with Crippen LogP contribution in [0.3, 0.4) is 0 Å². The number of hydrogen-bond donors (Lipinski definition) is 1. The van der Waals surface area contributed by atoms with Gasteiger partial charge < -0.3 is 5.11 Å². The molecule has 0 aromatic heterocycles. The Morgan fingerprint density at radius 3 is 2.62 bits per heavy atom. The summed E-state index contributed by atoms with van der Waals surface area (Å²) in [7, 11) is -0.861. The zero-order valence-corrected chi connectivity index (χ0v) is 13.3. The lowest BCUT2D eigenvalue weighted by molar-refractivity contribution is 0.0512. The predicted octanol–water partition coefficient (Wildman–Crippen LogP) is 3.80. The number of halogens is 1. The van der Waals surface area contributed by atoms with Gasteiger partial charge in [-0.25, -0.2) is 9.80 Å². The molecule has 4 nitrogen and oxygen atoms in total. The molecule has 0 spiro atoms. The molecule has 0 saturated carbocycles. The first-order chi connectivity index (χ1) is 10.2. The first kappa shape index (κ1) is 15.0. The van der Waals surface area contributed by atoms with Crippen molar-refractivity contribution >= 4 is 32.9 Å². The topological polar surface area (TPSA) is 43.8 Å². The van der Waals surface area contributed by atoms with E-state index in [0.717, 1.165) is 31.5 Å². The van der Waals surface area contributed by atoms with Gasteiger partial charge in [-0.2, -0.15) is 4.41 Å². The summed E-state index contributed by atoms with van der Waals surface area (Å²) < 4.78 is 2.04. The largest absolute Gasteiger partial charge is 0.473 e. The van der Waals surface area contributed by atoms with Gasteiger partial charge in [0, 0.05) is 41.2 Å². The lowest BCUT2D eigenvalue weighted by Crippen LogP contribution is -2.42. The van der Waals surface area contributed by atoms with Gasteiger partial charge in [0.25, 0.3) is 0 Å². The average Bonchev–Trinajstić information content (AvgIpc) is 2.94. The minimum absolute atomic E-state index is 0.0834. The second kappa shape index (κ2) is 6.48. The zero-order chi connectivity index (χ0) is 14.8. The van der Waals surface area contributed by atoms with E-state index in [1.54, 1.807) is 0 Å². The normalized spacial score (nSPS) is 27.5. The fraction of sp³-hybridized carbons (Fsp3) is 0.467. The van der Waals surface area contributed by atoms with Crippen molar-refractivity contribution in [3.63, 3.8) is 0 Å². The first-order valence-electron chi connectivity index (χ1n) is 7.25. The third-order valence-electron chi connectivity index (χ3n) is 4.00. The van der Waals surface area contributed by atoms with Gasteiger partial charge in [0.05, 0.1) is 0 Å². The van der Waals surface area contributed by atoms with Gasteiger partial charge in [0.15, 0.2) is 0 Å². The Kier molecular flexibility index (Phi) is 4.64. The molecule has 0 amide bonds. The summed E-state index contributed by atoms with van der Waals surface area (Å²) >= 11 is 6.27. The van der Waals surface area contributed by atoms with Gasteiger partial charge in [0.2, 0.25) is 0 Å². The number of piperidine rings is 1. The molecule has 1 saturated heterocycles. The molecule has 21 heavy (non-hydrogen) atoms. The molecule has 2 aliphatic rings. The van der Waals surface area contributed by atoms with Gasteiger partial charge in [-0.15, -0.1) is 0 Å². The Morgan fingerprint density at radius 2 is 1.95 bits per heavy atom. The van der Waals surface area contributed by atoms with Crippen LogP contribution >= 0.6 is 22.3 Å². The van der Waals surface area contributed by atoms with Crippen LogP contribution < -0.4 is 0 Å². The fourth-order valence-electron chi connectivity index (χ4n) is 2.95. The molecular formula is C15H19ClN2O2S. The number of carbonyl (C=O) groups is 1. The van der Waals surface area contributed by atoms with E-state index in [9.17, 15) is 9.90 Å². The van der Waals surface area contributed by atoms with Crippen LogP contribution in [0.4, 0.5) is 4.79 Å². The Balaban J connectivity index is 1.86. The molecule has 2 heterocycles. The Morgan fingerprint density at radius 1 is 1.24 bits per heavy atom. The van der Waals surface area contributed by atoms with E-state index < -0.39 is 16.0 Å². The second-order valence-corrected chi connectivity index (χ2v) is 7.47. The van der Waals surface area contributed by atoms with E-state index in [4.69, 9.17) is 11.6 Å². The molecule has 3 rings (SSSR count). The molecule has 2 aliphatic heterocycles. The molecule has 0 radical (unpaired) electrons. The number of hydrogen-bond acceptors (Lipinski definition) is 3. The minimum Gasteiger partial charge on any atom is -0.473 e. The molecule has 1 aromatic carbocycles. The monoisotopic (exact) mass is 326 g/mol. The van der Waals surface area contributed by atoms with Gasteiger partial charge in [0.1, 0.15) is 0 Å². The van der Waals surface area contributed by atoms with Gasteiger partial charge in [-0.1, -0.05) is 36.2 Å². The lowest BCUT2D eigenvalue weighted by Gasteiger charge is -2.35. The maximum Gasteiger partial charge on any atom is 0.374 e. The number of hydrazine groups is 1. The number of benzene rings is 1. The van der Waals surface area contributed by atoms with Crippen molar-refractivity contribution in [3.8, 4) is 0 Å². The van der Waals surface area contributed by atoms with Gasteiger partial charge >= 0.3 is 5.30 Å². The van der Waals surface area contributed by atoms with Crippen molar-refractivity contribution < 1.29 is 9.90 Å². The summed E-state index contributed by atoms with van der Waals surface area (Å²) in [4.78, 5) is 11.6. The minimum atomic E-state index is -0.861.